The van der Waals surface area contributed by atoms with E-state index in [1.165, 1.54) is 19.1 Å². The van der Waals surface area contributed by atoms with Gasteiger partial charge in [-0.15, -0.1) is 0 Å². The second-order valence-corrected chi connectivity index (χ2v) is 7.31. The fourth-order valence-corrected chi connectivity index (χ4v) is 3.00. The van der Waals surface area contributed by atoms with E-state index in [1.54, 1.807) is 19.9 Å². The first-order chi connectivity index (χ1) is 12.8. The van der Waals surface area contributed by atoms with Gasteiger partial charge in [-0.05, 0) is 56.7 Å². The number of hydrogen-bond acceptors (Lipinski definition) is 2. The molecular formula is C21H18BrF2NO2. The fraction of sp³-hybridized carbons (Fsp3) is 0.190. The summed E-state index contributed by atoms with van der Waals surface area (Å²) in [5, 5.41) is 2.76. The Hall–Kier alpha value is -2.47. The van der Waals surface area contributed by atoms with Gasteiger partial charge >= 0.3 is 0 Å². The largest absolute Gasteiger partial charge is 0.461 e. The van der Waals surface area contributed by atoms with Crippen molar-refractivity contribution in [2.75, 3.05) is 0 Å². The van der Waals surface area contributed by atoms with E-state index in [-0.39, 0.29) is 11.5 Å². The first-order valence-corrected chi connectivity index (χ1v) is 9.18. The van der Waals surface area contributed by atoms with Gasteiger partial charge in [0.15, 0.2) is 0 Å². The van der Waals surface area contributed by atoms with Crippen molar-refractivity contribution in [2.45, 2.75) is 26.8 Å². The van der Waals surface area contributed by atoms with E-state index in [9.17, 15) is 13.6 Å². The molecule has 27 heavy (non-hydrogen) atoms. The minimum absolute atomic E-state index is 0.0397. The van der Waals surface area contributed by atoms with E-state index in [4.69, 9.17) is 4.42 Å². The highest BCUT2D eigenvalue weighted by Crippen LogP contribution is 2.27. The molecule has 0 bridgehead atoms. The number of aryl methyl sites for hydroxylation is 1. The Balaban J connectivity index is 1.81. The number of furan rings is 1. The van der Waals surface area contributed by atoms with Crippen LogP contribution in [0.2, 0.25) is 0 Å². The van der Waals surface area contributed by atoms with E-state index < -0.39 is 17.7 Å². The molecule has 0 spiro atoms. The van der Waals surface area contributed by atoms with Crippen LogP contribution in [0, 0.1) is 25.5 Å². The van der Waals surface area contributed by atoms with Crippen LogP contribution in [-0.4, -0.2) is 5.91 Å². The Morgan fingerprint density at radius 1 is 1.07 bits per heavy atom. The summed E-state index contributed by atoms with van der Waals surface area (Å²) in [6, 6.07) is 11.1. The summed E-state index contributed by atoms with van der Waals surface area (Å²) in [5.74, 6) is -0.594. The lowest BCUT2D eigenvalue weighted by Crippen LogP contribution is -2.27. The third-order valence-corrected chi connectivity index (χ3v) is 4.97. The third-order valence-electron chi connectivity index (χ3n) is 4.44. The molecule has 0 radical (unpaired) electrons. The maximum atomic E-state index is 13.8. The van der Waals surface area contributed by atoms with Gasteiger partial charge in [-0.3, -0.25) is 4.79 Å². The van der Waals surface area contributed by atoms with Crippen molar-refractivity contribution in [2.24, 2.45) is 0 Å². The molecule has 0 aliphatic carbocycles. The average molecular weight is 434 g/mol. The molecule has 3 aromatic rings. The number of nitrogens with one attached hydrogen (secondary N) is 1. The predicted molar refractivity (Wildman–Crippen MR) is 104 cm³/mol. The van der Waals surface area contributed by atoms with Crippen molar-refractivity contribution in [3.8, 4) is 11.3 Å². The van der Waals surface area contributed by atoms with Gasteiger partial charge in [0.25, 0.3) is 5.91 Å². The average Bonchev–Trinajstić information content (AvgIpc) is 3.01. The van der Waals surface area contributed by atoms with Gasteiger partial charge < -0.3 is 9.73 Å². The van der Waals surface area contributed by atoms with Crippen LogP contribution in [0.1, 0.15) is 40.2 Å². The topological polar surface area (TPSA) is 42.2 Å². The van der Waals surface area contributed by atoms with Gasteiger partial charge in [0.1, 0.15) is 23.2 Å². The van der Waals surface area contributed by atoms with Crippen molar-refractivity contribution in [1.82, 2.24) is 5.32 Å². The number of rotatable bonds is 4. The number of halogens is 3. The second-order valence-electron chi connectivity index (χ2n) is 6.39. The first kappa shape index (κ1) is 19.3. The molecule has 1 N–H and O–H groups in total. The Morgan fingerprint density at radius 3 is 2.26 bits per heavy atom. The van der Waals surface area contributed by atoms with Crippen molar-refractivity contribution in [3.63, 3.8) is 0 Å². The lowest BCUT2D eigenvalue weighted by Gasteiger charge is -2.15. The minimum Gasteiger partial charge on any atom is -0.461 e. The van der Waals surface area contributed by atoms with E-state index in [0.29, 0.717) is 22.6 Å². The molecule has 1 aromatic heterocycles. The normalized spacial score (nSPS) is 12.1. The molecule has 0 fully saturated rings. The summed E-state index contributed by atoms with van der Waals surface area (Å²) in [5.41, 5.74) is 1.55. The highest BCUT2D eigenvalue weighted by atomic mass is 79.9. The van der Waals surface area contributed by atoms with Crippen molar-refractivity contribution in [3.05, 3.63) is 81.0 Å². The van der Waals surface area contributed by atoms with E-state index in [0.717, 1.165) is 10.0 Å². The van der Waals surface area contributed by atoms with E-state index >= 15 is 0 Å². The maximum absolute atomic E-state index is 13.8. The van der Waals surface area contributed by atoms with Crippen LogP contribution in [0.4, 0.5) is 8.78 Å². The van der Waals surface area contributed by atoms with Crippen LogP contribution in [0.5, 0.6) is 0 Å². The number of carbonyl (C=O) groups excluding carboxylic acids is 1. The molecule has 1 amide bonds. The molecule has 3 nitrogen and oxygen atoms in total. The summed E-state index contributed by atoms with van der Waals surface area (Å²) in [4.78, 5) is 12.6. The molecule has 0 unspecified atom stereocenters. The Kier molecular flexibility index (Phi) is 5.46. The van der Waals surface area contributed by atoms with Gasteiger partial charge in [0, 0.05) is 15.6 Å². The highest BCUT2D eigenvalue weighted by molar-refractivity contribution is 9.10. The molecule has 0 saturated carbocycles. The molecule has 0 aliphatic heterocycles. The zero-order valence-corrected chi connectivity index (χ0v) is 16.7. The second kappa shape index (κ2) is 7.64. The maximum Gasteiger partial charge on any atom is 0.255 e. The highest BCUT2D eigenvalue weighted by Gasteiger charge is 2.19. The molecular weight excluding hydrogens is 416 g/mol. The molecule has 2 aromatic carbocycles. The van der Waals surface area contributed by atoms with Gasteiger partial charge in [0.05, 0.1) is 11.6 Å². The number of amides is 1. The fourth-order valence-electron chi connectivity index (χ4n) is 2.74. The van der Waals surface area contributed by atoms with Crippen molar-refractivity contribution in [1.29, 1.82) is 0 Å². The standard InChI is InChI=1S/C21H18BrF2NO2/c1-11-18(23)8-15(9-19(11)24)12(2)25-21(26)17-10-20(27-13(17)3)14-4-6-16(22)7-5-14/h4-10,12H,1-3H3,(H,25,26)/t12-/m1/s1. The third kappa shape index (κ3) is 4.11. The predicted octanol–water partition coefficient (Wildman–Crippen LogP) is 6.10. The van der Waals surface area contributed by atoms with Gasteiger partial charge in [0.2, 0.25) is 0 Å². The Bertz CT molecular complexity index is 973. The lowest BCUT2D eigenvalue weighted by molar-refractivity contribution is 0.0938. The number of benzene rings is 2. The van der Waals surface area contributed by atoms with Gasteiger partial charge in [-0.2, -0.15) is 0 Å². The summed E-state index contributed by atoms with van der Waals surface area (Å²) < 4.78 is 34.2. The molecule has 0 saturated heterocycles. The molecule has 6 heteroatoms. The molecule has 3 rings (SSSR count). The molecule has 1 heterocycles. The Labute approximate surface area is 164 Å². The molecule has 140 valence electrons. The van der Waals surface area contributed by atoms with Crippen LogP contribution in [0.3, 0.4) is 0 Å². The minimum atomic E-state index is -0.636. The first-order valence-electron chi connectivity index (χ1n) is 8.39. The monoisotopic (exact) mass is 433 g/mol. The van der Waals surface area contributed by atoms with Crippen LogP contribution in [-0.2, 0) is 0 Å². The van der Waals surface area contributed by atoms with Gasteiger partial charge in [-0.1, -0.05) is 28.1 Å². The smallest absolute Gasteiger partial charge is 0.255 e. The van der Waals surface area contributed by atoms with Gasteiger partial charge in [-0.25, -0.2) is 8.78 Å². The summed E-state index contributed by atoms with van der Waals surface area (Å²) >= 11 is 3.38. The number of hydrogen-bond donors (Lipinski definition) is 1. The van der Waals surface area contributed by atoms with Crippen molar-refractivity contribution >= 4 is 21.8 Å². The zero-order valence-electron chi connectivity index (χ0n) is 15.1. The number of carbonyl (C=O) groups is 1. The molecule has 0 aliphatic rings. The van der Waals surface area contributed by atoms with Crippen LogP contribution >= 0.6 is 15.9 Å². The van der Waals surface area contributed by atoms with Crippen LogP contribution in [0.15, 0.2) is 51.4 Å². The van der Waals surface area contributed by atoms with E-state index in [1.807, 2.05) is 24.3 Å². The van der Waals surface area contributed by atoms with Crippen LogP contribution < -0.4 is 5.32 Å². The quantitative estimate of drug-likeness (QED) is 0.540. The van der Waals surface area contributed by atoms with E-state index in [2.05, 4.69) is 21.2 Å². The van der Waals surface area contributed by atoms with Crippen molar-refractivity contribution < 1.29 is 18.0 Å². The molecule has 1 atom stereocenters. The van der Waals surface area contributed by atoms with Crippen LogP contribution in [0.25, 0.3) is 11.3 Å². The summed E-state index contributed by atoms with van der Waals surface area (Å²) in [6.07, 6.45) is 0. The summed E-state index contributed by atoms with van der Waals surface area (Å²) in [7, 11) is 0. The lowest BCUT2D eigenvalue weighted by atomic mass is 10.0. The SMILES string of the molecule is Cc1oc(-c2ccc(Br)cc2)cc1C(=O)N[C@H](C)c1cc(F)c(C)c(F)c1. The summed E-state index contributed by atoms with van der Waals surface area (Å²) in [6.45, 7) is 4.75. The Morgan fingerprint density at radius 2 is 1.67 bits per heavy atom. The zero-order chi connectivity index (χ0) is 19.7.